The van der Waals surface area contributed by atoms with Crippen molar-refractivity contribution in [2.45, 2.75) is 38.5 Å². The first-order valence-corrected chi connectivity index (χ1v) is 6.89. The van der Waals surface area contributed by atoms with Gasteiger partial charge in [-0.25, -0.2) is 0 Å². The zero-order valence-corrected chi connectivity index (χ0v) is 13.3. The number of nitrogens with two attached hydrogens (primary N) is 3. The van der Waals surface area contributed by atoms with Crippen molar-refractivity contribution < 1.29 is 19.5 Å². The Morgan fingerprint density at radius 2 is 1.42 bits per heavy atom. The summed E-state index contributed by atoms with van der Waals surface area (Å²) in [6.07, 6.45) is 7.95. The van der Waals surface area contributed by atoms with Gasteiger partial charge in [0.05, 0.1) is 0 Å². The van der Waals surface area contributed by atoms with E-state index in [9.17, 15) is 0 Å². The van der Waals surface area contributed by atoms with Crippen LogP contribution in [0.15, 0.2) is 12.3 Å². The van der Waals surface area contributed by atoms with E-state index in [4.69, 9.17) is 17.2 Å². The van der Waals surface area contributed by atoms with Gasteiger partial charge in [0.15, 0.2) is 0 Å². The monoisotopic (exact) mass is 352 g/mol. The Balaban J connectivity index is 0.00000324. The second-order valence-corrected chi connectivity index (χ2v) is 4.57. The first kappa shape index (κ1) is 18.7. The number of pyridine rings is 1. The van der Waals surface area contributed by atoms with Crippen LogP contribution in [-0.2, 0) is 38.7 Å². The van der Waals surface area contributed by atoms with Crippen LogP contribution in [0, 0.1) is 0 Å². The zero-order chi connectivity index (χ0) is 13.2. The second-order valence-electron chi connectivity index (χ2n) is 4.57. The minimum atomic E-state index is 0. The average Bonchev–Trinajstić information content (AvgIpc) is 2.41. The van der Waals surface area contributed by atoms with Crippen LogP contribution < -0.4 is 17.2 Å². The summed E-state index contributed by atoms with van der Waals surface area (Å²) in [5.41, 5.74) is 20.8. The van der Waals surface area contributed by atoms with Crippen molar-refractivity contribution in [3.05, 3.63) is 29.1 Å². The van der Waals surface area contributed by atoms with Crippen molar-refractivity contribution in [2.24, 2.45) is 17.2 Å². The van der Waals surface area contributed by atoms with Crippen molar-refractivity contribution in [3.8, 4) is 0 Å². The van der Waals surface area contributed by atoms with Crippen molar-refractivity contribution in [2.75, 3.05) is 19.6 Å². The van der Waals surface area contributed by atoms with Crippen LogP contribution in [0.25, 0.3) is 0 Å². The fraction of sp³-hybridized carbons (Fsp3) is 0.643. The molecule has 0 saturated heterocycles. The summed E-state index contributed by atoms with van der Waals surface area (Å²) in [4.78, 5) is 4.51. The Kier molecular flexibility index (Phi) is 11.3. The molecule has 1 heterocycles. The molecular formula is C14H26N4Ru. The second kappa shape index (κ2) is 11.5. The Bertz CT molecular complexity index is 318. The summed E-state index contributed by atoms with van der Waals surface area (Å²) in [6, 6.07) is 2.12. The van der Waals surface area contributed by atoms with Crippen molar-refractivity contribution >= 4 is 0 Å². The van der Waals surface area contributed by atoms with Crippen LogP contribution in [-0.4, -0.2) is 24.6 Å². The van der Waals surface area contributed by atoms with Gasteiger partial charge < -0.3 is 17.2 Å². The predicted octanol–water partition coefficient (Wildman–Crippen LogP) is 0.753. The molecule has 0 unspecified atom stereocenters. The van der Waals surface area contributed by atoms with E-state index in [1.807, 2.05) is 6.20 Å². The molecule has 1 rings (SSSR count). The van der Waals surface area contributed by atoms with Crippen LogP contribution in [0.5, 0.6) is 0 Å². The molecule has 0 amide bonds. The molecule has 0 spiro atoms. The molecule has 0 radical (unpaired) electrons. The first-order valence-electron chi connectivity index (χ1n) is 6.89. The van der Waals surface area contributed by atoms with Gasteiger partial charge in [0.25, 0.3) is 0 Å². The molecule has 0 fully saturated rings. The third-order valence-electron chi connectivity index (χ3n) is 3.14. The van der Waals surface area contributed by atoms with E-state index in [2.05, 4.69) is 11.1 Å². The maximum absolute atomic E-state index is 5.62. The molecule has 0 atom stereocenters. The molecule has 4 nitrogen and oxygen atoms in total. The Morgan fingerprint density at radius 3 is 2.05 bits per heavy atom. The molecule has 110 valence electrons. The van der Waals surface area contributed by atoms with E-state index in [-0.39, 0.29) is 19.5 Å². The molecule has 1 aromatic heterocycles. The summed E-state index contributed by atoms with van der Waals surface area (Å²) in [7, 11) is 0. The van der Waals surface area contributed by atoms with Gasteiger partial charge in [-0.2, -0.15) is 0 Å². The van der Waals surface area contributed by atoms with E-state index in [1.54, 1.807) is 0 Å². The van der Waals surface area contributed by atoms with Gasteiger partial charge in [0.2, 0.25) is 0 Å². The molecule has 6 N–H and O–H groups in total. The summed E-state index contributed by atoms with van der Waals surface area (Å²) < 4.78 is 0. The minimum Gasteiger partial charge on any atom is -0.330 e. The number of nitrogens with zero attached hydrogens (tertiary/aromatic N) is 1. The number of aryl methyl sites for hydroxylation is 2. The van der Waals surface area contributed by atoms with Gasteiger partial charge in [0, 0.05) is 31.4 Å². The Morgan fingerprint density at radius 1 is 0.842 bits per heavy atom. The quantitative estimate of drug-likeness (QED) is 0.573. The van der Waals surface area contributed by atoms with Crippen LogP contribution in [0.2, 0.25) is 0 Å². The van der Waals surface area contributed by atoms with Crippen molar-refractivity contribution in [1.29, 1.82) is 0 Å². The molecule has 0 aliphatic carbocycles. The molecule has 1 aromatic rings. The molecule has 0 bridgehead atoms. The van der Waals surface area contributed by atoms with Crippen LogP contribution in [0.1, 0.15) is 36.1 Å². The topological polar surface area (TPSA) is 90.9 Å². The largest absolute Gasteiger partial charge is 0.330 e. The van der Waals surface area contributed by atoms with Crippen LogP contribution in [0.4, 0.5) is 0 Å². The number of aromatic nitrogens is 1. The van der Waals surface area contributed by atoms with Crippen LogP contribution >= 0.6 is 0 Å². The van der Waals surface area contributed by atoms with Gasteiger partial charge in [-0.15, -0.1) is 0 Å². The Labute approximate surface area is 129 Å². The van der Waals surface area contributed by atoms with Gasteiger partial charge in [-0.3, -0.25) is 4.98 Å². The van der Waals surface area contributed by atoms with E-state index in [0.29, 0.717) is 6.54 Å². The van der Waals surface area contributed by atoms with E-state index >= 15 is 0 Å². The first-order chi connectivity index (χ1) is 8.83. The maximum Gasteiger partial charge on any atom is 0.0438 e. The standard InChI is InChI=1S/C14H26N4.Ru/c15-8-1-4-12-7-11-18-14(6-3-10-17)13(12)5-2-9-16;/h7,11H,1-6,8-10,15-17H2;. The van der Waals surface area contributed by atoms with E-state index < -0.39 is 0 Å². The number of rotatable bonds is 9. The summed E-state index contributed by atoms with van der Waals surface area (Å²) in [5.74, 6) is 0. The van der Waals surface area contributed by atoms with Crippen molar-refractivity contribution in [3.63, 3.8) is 0 Å². The molecule has 0 aromatic carbocycles. The fourth-order valence-corrected chi connectivity index (χ4v) is 2.18. The van der Waals surface area contributed by atoms with Gasteiger partial charge in [0.1, 0.15) is 0 Å². The number of hydrogen-bond acceptors (Lipinski definition) is 4. The minimum absolute atomic E-state index is 0. The average molecular weight is 351 g/mol. The molecule has 0 saturated carbocycles. The molecule has 19 heavy (non-hydrogen) atoms. The molecule has 5 heteroatoms. The van der Waals surface area contributed by atoms with Crippen LogP contribution in [0.3, 0.4) is 0 Å². The Hall–Kier alpha value is -0.347. The number of hydrogen-bond donors (Lipinski definition) is 3. The SMILES string of the molecule is NCCCc1ccnc(CCCN)c1CCCN.[Ru]. The molecule has 0 aliphatic rings. The van der Waals surface area contributed by atoms with Crippen molar-refractivity contribution in [1.82, 2.24) is 4.98 Å². The smallest absolute Gasteiger partial charge is 0.0438 e. The summed E-state index contributed by atoms with van der Waals surface area (Å²) in [6.45, 7) is 2.17. The predicted molar refractivity (Wildman–Crippen MR) is 76.4 cm³/mol. The zero-order valence-electron chi connectivity index (χ0n) is 11.6. The molecular weight excluding hydrogens is 325 g/mol. The maximum atomic E-state index is 5.62. The van der Waals surface area contributed by atoms with Gasteiger partial charge in [-0.05, 0) is 75.4 Å². The normalized spacial score (nSPS) is 10.3. The van der Waals surface area contributed by atoms with Gasteiger partial charge >= 0.3 is 0 Å². The van der Waals surface area contributed by atoms with Gasteiger partial charge in [-0.1, -0.05) is 0 Å². The fourth-order valence-electron chi connectivity index (χ4n) is 2.18. The molecule has 0 aliphatic heterocycles. The van der Waals surface area contributed by atoms with E-state index in [0.717, 1.165) is 51.6 Å². The summed E-state index contributed by atoms with van der Waals surface area (Å²) in [5, 5.41) is 0. The van der Waals surface area contributed by atoms with E-state index in [1.165, 1.54) is 16.8 Å². The third kappa shape index (κ3) is 6.57. The summed E-state index contributed by atoms with van der Waals surface area (Å²) >= 11 is 0. The third-order valence-corrected chi connectivity index (χ3v) is 3.14.